The molecule has 0 aromatic heterocycles. The van der Waals surface area contributed by atoms with E-state index in [-0.39, 0.29) is 5.41 Å². The van der Waals surface area contributed by atoms with E-state index in [4.69, 9.17) is 0 Å². The van der Waals surface area contributed by atoms with Gasteiger partial charge in [0.05, 0.1) is 0 Å². The summed E-state index contributed by atoms with van der Waals surface area (Å²) in [6, 6.07) is 0. The highest BCUT2D eigenvalue weighted by Gasteiger charge is 2.59. The topological polar surface area (TPSA) is 17.1 Å². The van der Waals surface area contributed by atoms with Gasteiger partial charge in [0, 0.05) is 12.8 Å². The lowest BCUT2D eigenvalue weighted by molar-refractivity contribution is -0.136. The van der Waals surface area contributed by atoms with Crippen molar-refractivity contribution in [3.63, 3.8) is 0 Å². The molecule has 0 heterocycles. The van der Waals surface area contributed by atoms with Gasteiger partial charge in [0.2, 0.25) is 0 Å². The molecule has 3 fully saturated rings. The Morgan fingerprint density at radius 3 is 2.41 bits per heavy atom. The van der Waals surface area contributed by atoms with E-state index in [0.29, 0.717) is 16.6 Å². The molecule has 1 heteroatoms. The Kier molecular flexibility index (Phi) is 5.61. The first-order valence-corrected chi connectivity index (χ1v) is 12.8. The first-order valence-electron chi connectivity index (χ1n) is 12.8. The van der Waals surface area contributed by atoms with Gasteiger partial charge >= 0.3 is 0 Å². The zero-order valence-electron chi connectivity index (χ0n) is 20.2. The quantitative estimate of drug-likeness (QED) is 0.427. The fourth-order valence-corrected chi connectivity index (χ4v) is 8.62. The molecule has 0 amide bonds. The van der Waals surface area contributed by atoms with Crippen molar-refractivity contribution < 1.29 is 4.79 Å². The molecular weight excluding hydrogens is 352 g/mol. The lowest BCUT2D eigenvalue weighted by Crippen LogP contribution is -2.53. The molecule has 3 saturated carbocycles. The molecule has 0 aliphatic heterocycles. The smallest absolute Gasteiger partial charge is 0.133 e. The molecule has 0 aromatic carbocycles. The van der Waals surface area contributed by atoms with Crippen LogP contribution in [0.4, 0.5) is 0 Å². The third kappa shape index (κ3) is 3.38. The maximum absolute atomic E-state index is 12.3. The molecule has 0 aromatic rings. The molecule has 0 bridgehead atoms. The summed E-state index contributed by atoms with van der Waals surface area (Å²) < 4.78 is 0. The summed E-state index contributed by atoms with van der Waals surface area (Å²) in [6.45, 7) is 14.9. The van der Waals surface area contributed by atoms with Gasteiger partial charge in [-0.3, -0.25) is 4.79 Å². The molecule has 29 heavy (non-hydrogen) atoms. The molecule has 4 rings (SSSR count). The van der Waals surface area contributed by atoms with E-state index in [0.717, 1.165) is 42.9 Å². The number of fused-ring (bicyclic) bond motifs is 4. The van der Waals surface area contributed by atoms with E-state index in [2.05, 4.69) is 41.5 Å². The normalized spacial score (nSPS) is 43.2. The lowest BCUT2D eigenvalue weighted by Gasteiger charge is -2.61. The number of Topliss-reactive ketones (excluding diaryl/α,β-unsaturated/α-hetero) is 1. The van der Waals surface area contributed by atoms with Gasteiger partial charge < -0.3 is 0 Å². The van der Waals surface area contributed by atoms with Gasteiger partial charge in [-0.05, 0) is 84.9 Å². The van der Waals surface area contributed by atoms with Crippen LogP contribution in [0.15, 0.2) is 11.1 Å². The van der Waals surface area contributed by atoms with Crippen molar-refractivity contribution in [3.05, 3.63) is 11.1 Å². The summed E-state index contributed by atoms with van der Waals surface area (Å²) in [5, 5.41) is 0. The van der Waals surface area contributed by atoms with Gasteiger partial charge in [0.1, 0.15) is 5.78 Å². The Morgan fingerprint density at radius 2 is 1.69 bits per heavy atom. The van der Waals surface area contributed by atoms with Crippen LogP contribution in [0.3, 0.4) is 0 Å². The fourth-order valence-electron chi connectivity index (χ4n) is 8.62. The molecule has 0 N–H and O–H groups in total. The number of carbonyl (C=O) groups is 1. The van der Waals surface area contributed by atoms with E-state index in [1.807, 2.05) is 11.1 Å². The second kappa shape index (κ2) is 7.52. The highest BCUT2D eigenvalue weighted by atomic mass is 16.1. The van der Waals surface area contributed by atoms with Gasteiger partial charge in [-0.25, -0.2) is 0 Å². The number of allylic oxidation sites excluding steroid dienone is 2. The maximum atomic E-state index is 12.3. The van der Waals surface area contributed by atoms with Crippen LogP contribution in [0, 0.1) is 39.9 Å². The molecule has 164 valence electrons. The van der Waals surface area contributed by atoms with Gasteiger partial charge in [-0.15, -0.1) is 0 Å². The minimum atomic E-state index is 0.243. The molecule has 4 aliphatic rings. The molecular formula is C28H46O. The van der Waals surface area contributed by atoms with Crippen LogP contribution in [0.5, 0.6) is 0 Å². The second-order valence-electron chi connectivity index (χ2n) is 12.7. The Morgan fingerprint density at radius 1 is 0.931 bits per heavy atom. The minimum Gasteiger partial charge on any atom is -0.300 e. The maximum Gasteiger partial charge on any atom is 0.133 e. The third-order valence-corrected chi connectivity index (χ3v) is 10.7. The number of rotatable bonds is 5. The summed E-state index contributed by atoms with van der Waals surface area (Å²) in [7, 11) is 0. The van der Waals surface area contributed by atoms with Crippen LogP contribution in [0.2, 0.25) is 0 Å². The standard InChI is InChI=1S/C28H46O/c1-19(2)8-7-9-20(3)23-10-11-24-22-13-15-26(4)18-21(29)12-17-28(26,6)25(22)14-16-27(23,24)5/h19-20,23,25H,7-18H2,1-6H3/t20-,23-,25+,26-,27-,28-/m1/s1. The van der Waals surface area contributed by atoms with Crippen LogP contribution in [0.25, 0.3) is 0 Å². The molecule has 0 spiro atoms. The van der Waals surface area contributed by atoms with Crippen molar-refractivity contribution in [1.29, 1.82) is 0 Å². The van der Waals surface area contributed by atoms with Crippen LogP contribution in [0.1, 0.15) is 119 Å². The van der Waals surface area contributed by atoms with E-state index < -0.39 is 0 Å². The van der Waals surface area contributed by atoms with Gasteiger partial charge in [0.25, 0.3) is 0 Å². The van der Waals surface area contributed by atoms with E-state index in [9.17, 15) is 4.79 Å². The lowest BCUT2D eigenvalue weighted by atomic mass is 9.43. The third-order valence-electron chi connectivity index (χ3n) is 10.7. The van der Waals surface area contributed by atoms with Crippen molar-refractivity contribution in [1.82, 2.24) is 0 Å². The van der Waals surface area contributed by atoms with Crippen molar-refractivity contribution in [2.45, 2.75) is 119 Å². The average Bonchev–Trinajstić information content (AvgIpc) is 2.99. The van der Waals surface area contributed by atoms with E-state index in [1.165, 1.54) is 57.8 Å². The molecule has 4 aliphatic carbocycles. The first kappa shape index (κ1) is 21.6. The first-order chi connectivity index (χ1) is 13.6. The van der Waals surface area contributed by atoms with Crippen LogP contribution in [-0.4, -0.2) is 5.78 Å². The monoisotopic (exact) mass is 398 g/mol. The summed E-state index contributed by atoms with van der Waals surface area (Å²) in [5.41, 5.74) is 4.84. The highest BCUT2D eigenvalue weighted by molar-refractivity contribution is 5.80. The van der Waals surface area contributed by atoms with Crippen molar-refractivity contribution in [3.8, 4) is 0 Å². The Balaban J connectivity index is 1.58. The number of ketones is 1. The minimum absolute atomic E-state index is 0.243. The Hall–Kier alpha value is -0.590. The molecule has 0 saturated heterocycles. The second-order valence-corrected chi connectivity index (χ2v) is 12.7. The molecule has 0 radical (unpaired) electrons. The predicted octanol–water partition coefficient (Wildman–Crippen LogP) is 8.13. The zero-order valence-corrected chi connectivity index (χ0v) is 20.2. The Labute approximate surface area is 180 Å². The van der Waals surface area contributed by atoms with Crippen LogP contribution in [-0.2, 0) is 4.79 Å². The van der Waals surface area contributed by atoms with Crippen molar-refractivity contribution >= 4 is 5.78 Å². The van der Waals surface area contributed by atoms with Gasteiger partial charge in [-0.1, -0.05) is 72.0 Å². The molecule has 1 nitrogen and oxygen atoms in total. The van der Waals surface area contributed by atoms with E-state index >= 15 is 0 Å². The van der Waals surface area contributed by atoms with Gasteiger partial charge in [0.15, 0.2) is 0 Å². The number of hydrogen-bond acceptors (Lipinski definition) is 1. The molecule has 6 atom stereocenters. The highest BCUT2D eigenvalue weighted by Crippen LogP contribution is 2.68. The summed E-state index contributed by atoms with van der Waals surface area (Å²) in [4.78, 5) is 12.3. The summed E-state index contributed by atoms with van der Waals surface area (Å²) in [6.07, 6.45) is 15.1. The van der Waals surface area contributed by atoms with Crippen molar-refractivity contribution in [2.75, 3.05) is 0 Å². The average molecular weight is 399 g/mol. The fraction of sp³-hybridized carbons (Fsp3) is 0.893. The summed E-state index contributed by atoms with van der Waals surface area (Å²) in [5.74, 6) is 3.89. The number of hydrogen-bond donors (Lipinski definition) is 0. The van der Waals surface area contributed by atoms with Crippen molar-refractivity contribution in [2.24, 2.45) is 39.9 Å². The largest absolute Gasteiger partial charge is 0.300 e. The SMILES string of the molecule is CC(C)CCC[C@@H](C)[C@H]1CCC2=C3CC[C@]4(C)CC(=O)CC[C@]4(C)[C@H]3CC[C@@]21C. The number of carbonyl (C=O) groups excluding carboxylic acids is 1. The Bertz CT molecular complexity index is 686. The predicted molar refractivity (Wildman–Crippen MR) is 123 cm³/mol. The molecule has 0 unspecified atom stereocenters. The van der Waals surface area contributed by atoms with E-state index in [1.54, 1.807) is 0 Å². The van der Waals surface area contributed by atoms with Crippen LogP contribution >= 0.6 is 0 Å². The summed E-state index contributed by atoms with van der Waals surface area (Å²) >= 11 is 0. The van der Waals surface area contributed by atoms with Crippen LogP contribution < -0.4 is 0 Å². The van der Waals surface area contributed by atoms with Gasteiger partial charge in [-0.2, -0.15) is 0 Å². The zero-order chi connectivity index (χ0) is 21.0.